The van der Waals surface area contributed by atoms with Crippen LogP contribution < -0.4 is 0 Å². The molecular formula is C13H25N. The predicted octanol–water partition coefficient (Wildman–Crippen LogP) is 3.30. The minimum atomic E-state index is 0.960. The van der Waals surface area contributed by atoms with Gasteiger partial charge in [-0.25, -0.2) is 0 Å². The summed E-state index contributed by atoms with van der Waals surface area (Å²) in [4.78, 5) is 2.68. The van der Waals surface area contributed by atoms with Crippen LogP contribution in [-0.2, 0) is 0 Å². The molecule has 1 atom stereocenters. The number of likely N-dealkylation sites (tertiary alicyclic amines) is 1. The summed E-state index contributed by atoms with van der Waals surface area (Å²) in [5.41, 5.74) is 0. The minimum Gasteiger partial charge on any atom is -0.303 e. The standard InChI is InChI=1S/C13H25N/c1-12-7-9-14(11-12)10-8-13-5-3-2-4-6-13/h12-13H,2-11H2,1H3. The molecule has 0 aromatic rings. The first-order chi connectivity index (χ1) is 6.84. The van der Waals surface area contributed by atoms with E-state index in [2.05, 4.69) is 11.8 Å². The zero-order valence-corrected chi connectivity index (χ0v) is 9.67. The lowest BCUT2D eigenvalue weighted by Gasteiger charge is -2.24. The van der Waals surface area contributed by atoms with Crippen molar-refractivity contribution >= 4 is 0 Å². The van der Waals surface area contributed by atoms with Crippen LogP contribution in [0.15, 0.2) is 0 Å². The Morgan fingerprint density at radius 2 is 1.86 bits per heavy atom. The summed E-state index contributed by atoms with van der Waals surface area (Å²) >= 11 is 0. The average molecular weight is 195 g/mol. The molecule has 1 heterocycles. The van der Waals surface area contributed by atoms with Gasteiger partial charge < -0.3 is 4.90 Å². The quantitative estimate of drug-likeness (QED) is 0.668. The Hall–Kier alpha value is -0.0400. The molecule has 1 saturated heterocycles. The summed E-state index contributed by atoms with van der Waals surface area (Å²) in [5, 5.41) is 0. The molecule has 1 aliphatic carbocycles. The van der Waals surface area contributed by atoms with E-state index in [0.717, 1.165) is 11.8 Å². The molecule has 1 aliphatic heterocycles. The molecule has 0 amide bonds. The molecule has 0 radical (unpaired) electrons. The van der Waals surface area contributed by atoms with Crippen molar-refractivity contribution in [3.8, 4) is 0 Å². The van der Waals surface area contributed by atoms with Crippen LogP contribution in [0.1, 0.15) is 51.9 Å². The van der Waals surface area contributed by atoms with E-state index in [0.29, 0.717) is 0 Å². The molecule has 82 valence electrons. The van der Waals surface area contributed by atoms with Gasteiger partial charge in [-0.3, -0.25) is 0 Å². The lowest BCUT2D eigenvalue weighted by Crippen LogP contribution is -2.24. The Labute approximate surface area is 88.9 Å². The molecular weight excluding hydrogens is 170 g/mol. The van der Waals surface area contributed by atoms with E-state index in [4.69, 9.17) is 0 Å². The second kappa shape index (κ2) is 5.16. The van der Waals surface area contributed by atoms with Gasteiger partial charge in [0.15, 0.2) is 0 Å². The van der Waals surface area contributed by atoms with Crippen molar-refractivity contribution in [2.75, 3.05) is 19.6 Å². The SMILES string of the molecule is CC1CCN(CCC2CCCCC2)C1. The first-order valence-electron chi connectivity index (χ1n) is 6.57. The molecule has 14 heavy (non-hydrogen) atoms. The van der Waals surface area contributed by atoms with Crippen molar-refractivity contribution in [2.45, 2.75) is 51.9 Å². The number of nitrogens with zero attached hydrogens (tertiary/aromatic N) is 1. The highest BCUT2D eigenvalue weighted by molar-refractivity contribution is 4.74. The zero-order valence-electron chi connectivity index (χ0n) is 9.67. The lowest BCUT2D eigenvalue weighted by atomic mass is 9.87. The summed E-state index contributed by atoms with van der Waals surface area (Å²) in [6.45, 7) is 6.51. The fraction of sp³-hybridized carbons (Fsp3) is 1.00. The fourth-order valence-electron chi connectivity index (χ4n) is 3.07. The summed E-state index contributed by atoms with van der Waals surface area (Å²) < 4.78 is 0. The predicted molar refractivity (Wildman–Crippen MR) is 61.4 cm³/mol. The van der Waals surface area contributed by atoms with Crippen LogP contribution >= 0.6 is 0 Å². The van der Waals surface area contributed by atoms with Gasteiger partial charge in [-0.15, -0.1) is 0 Å². The van der Waals surface area contributed by atoms with Crippen molar-refractivity contribution in [3.05, 3.63) is 0 Å². The second-order valence-electron chi connectivity index (χ2n) is 5.49. The number of hydrogen-bond donors (Lipinski definition) is 0. The Balaban J connectivity index is 1.61. The maximum atomic E-state index is 2.68. The van der Waals surface area contributed by atoms with E-state index < -0.39 is 0 Å². The average Bonchev–Trinajstić information content (AvgIpc) is 2.63. The van der Waals surface area contributed by atoms with Crippen molar-refractivity contribution in [2.24, 2.45) is 11.8 Å². The zero-order chi connectivity index (χ0) is 9.80. The molecule has 2 rings (SSSR count). The summed E-state index contributed by atoms with van der Waals surface area (Å²) in [6.07, 6.45) is 10.4. The molecule has 0 aromatic carbocycles. The van der Waals surface area contributed by atoms with Crippen LogP contribution in [0.3, 0.4) is 0 Å². The normalized spacial score (nSPS) is 31.1. The molecule has 0 bridgehead atoms. The van der Waals surface area contributed by atoms with Gasteiger partial charge in [0.05, 0.1) is 0 Å². The van der Waals surface area contributed by atoms with E-state index in [-0.39, 0.29) is 0 Å². The molecule has 2 aliphatic rings. The van der Waals surface area contributed by atoms with Gasteiger partial charge in [-0.2, -0.15) is 0 Å². The monoisotopic (exact) mass is 195 g/mol. The topological polar surface area (TPSA) is 3.24 Å². The van der Waals surface area contributed by atoms with E-state index in [1.165, 1.54) is 64.6 Å². The summed E-state index contributed by atoms with van der Waals surface area (Å²) in [5.74, 6) is 2.03. The third-order valence-corrected chi connectivity index (χ3v) is 4.09. The maximum Gasteiger partial charge on any atom is 0.000750 e. The Kier molecular flexibility index (Phi) is 3.86. The molecule has 1 nitrogen and oxygen atoms in total. The largest absolute Gasteiger partial charge is 0.303 e. The van der Waals surface area contributed by atoms with Gasteiger partial charge in [0.1, 0.15) is 0 Å². The van der Waals surface area contributed by atoms with Gasteiger partial charge >= 0.3 is 0 Å². The summed E-state index contributed by atoms with van der Waals surface area (Å²) in [6, 6.07) is 0. The van der Waals surface area contributed by atoms with Crippen LogP contribution in [0.5, 0.6) is 0 Å². The van der Waals surface area contributed by atoms with Gasteiger partial charge in [0.2, 0.25) is 0 Å². The van der Waals surface area contributed by atoms with Crippen LogP contribution in [0.25, 0.3) is 0 Å². The molecule has 0 aromatic heterocycles. The molecule has 1 unspecified atom stereocenters. The highest BCUT2D eigenvalue weighted by Gasteiger charge is 2.20. The molecule has 2 fully saturated rings. The van der Waals surface area contributed by atoms with E-state index in [1.54, 1.807) is 0 Å². The third kappa shape index (κ3) is 2.98. The lowest BCUT2D eigenvalue weighted by molar-refractivity contribution is 0.261. The molecule has 0 spiro atoms. The minimum absolute atomic E-state index is 0.960. The smallest absolute Gasteiger partial charge is 0.000750 e. The molecule has 1 heteroatoms. The maximum absolute atomic E-state index is 2.68. The van der Waals surface area contributed by atoms with Gasteiger partial charge in [0.25, 0.3) is 0 Å². The Morgan fingerprint density at radius 3 is 2.50 bits per heavy atom. The highest BCUT2D eigenvalue weighted by Crippen LogP contribution is 2.27. The van der Waals surface area contributed by atoms with Gasteiger partial charge in [0, 0.05) is 6.54 Å². The Morgan fingerprint density at radius 1 is 1.07 bits per heavy atom. The third-order valence-electron chi connectivity index (χ3n) is 4.09. The van der Waals surface area contributed by atoms with Crippen LogP contribution in [0.4, 0.5) is 0 Å². The first-order valence-corrected chi connectivity index (χ1v) is 6.57. The fourth-order valence-corrected chi connectivity index (χ4v) is 3.07. The van der Waals surface area contributed by atoms with Crippen LogP contribution in [0, 0.1) is 11.8 Å². The van der Waals surface area contributed by atoms with Crippen molar-refractivity contribution < 1.29 is 0 Å². The van der Waals surface area contributed by atoms with E-state index >= 15 is 0 Å². The second-order valence-corrected chi connectivity index (χ2v) is 5.49. The van der Waals surface area contributed by atoms with E-state index in [9.17, 15) is 0 Å². The molecule has 0 N–H and O–H groups in total. The van der Waals surface area contributed by atoms with Crippen LogP contribution in [0.2, 0.25) is 0 Å². The molecule has 1 saturated carbocycles. The summed E-state index contributed by atoms with van der Waals surface area (Å²) in [7, 11) is 0. The number of hydrogen-bond acceptors (Lipinski definition) is 1. The Bertz CT molecular complexity index is 156. The van der Waals surface area contributed by atoms with Crippen molar-refractivity contribution in [1.82, 2.24) is 4.90 Å². The van der Waals surface area contributed by atoms with E-state index in [1.807, 2.05) is 0 Å². The van der Waals surface area contributed by atoms with Crippen molar-refractivity contribution in [1.29, 1.82) is 0 Å². The van der Waals surface area contributed by atoms with Gasteiger partial charge in [-0.05, 0) is 37.8 Å². The van der Waals surface area contributed by atoms with Crippen molar-refractivity contribution in [3.63, 3.8) is 0 Å². The van der Waals surface area contributed by atoms with Gasteiger partial charge in [-0.1, -0.05) is 39.0 Å². The van der Waals surface area contributed by atoms with Crippen LogP contribution in [-0.4, -0.2) is 24.5 Å². The highest BCUT2D eigenvalue weighted by atomic mass is 15.1. The number of rotatable bonds is 3. The first kappa shape index (κ1) is 10.5.